The zero-order chi connectivity index (χ0) is 15.6. The lowest BCUT2D eigenvalue weighted by Gasteiger charge is -2.34. The minimum atomic E-state index is -3.10. The zero-order valence-corrected chi connectivity index (χ0v) is 13.7. The van der Waals surface area contributed by atoms with Gasteiger partial charge >= 0.3 is 0 Å². The van der Waals surface area contributed by atoms with Gasteiger partial charge in [0, 0.05) is 32.7 Å². The van der Waals surface area contributed by atoms with Crippen LogP contribution < -0.4 is 0 Å². The monoisotopic (exact) mass is 312 g/mol. The van der Waals surface area contributed by atoms with Gasteiger partial charge < -0.3 is 5.11 Å². The van der Waals surface area contributed by atoms with Crippen LogP contribution in [0.4, 0.5) is 0 Å². The fraction of sp³-hybridized carbons (Fsp3) is 0.600. The van der Waals surface area contributed by atoms with Crippen molar-refractivity contribution in [2.45, 2.75) is 20.0 Å². The molecule has 0 bridgehead atoms. The van der Waals surface area contributed by atoms with E-state index in [1.165, 1.54) is 10.6 Å². The molecular formula is C15H24N2O3S. The number of aliphatic hydroxyl groups excluding tert-OH is 1. The summed E-state index contributed by atoms with van der Waals surface area (Å²) in [6, 6.07) is 6.08. The zero-order valence-electron chi connectivity index (χ0n) is 12.9. The highest BCUT2D eigenvalue weighted by molar-refractivity contribution is 7.88. The van der Waals surface area contributed by atoms with Crippen molar-refractivity contribution in [2.24, 2.45) is 0 Å². The molecule has 1 aliphatic heterocycles. The van der Waals surface area contributed by atoms with E-state index in [1.54, 1.807) is 0 Å². The molecule has 0 amide bonds. The van der Waals surface area contributed by atoms with E-state index in [4.69, 9.17) is 0 Å². The first kappa shape index (κ1) is 16.4. The molecule has 1 saturated heterocycles. The van der Waals surface area contributed by atoms with Crippen LogP contribution in [0.1, 0.15) is 22.8 Å². The summed E-state index contributed by atoms with van der Waals surface area (Å²) >= 11 is 0. The summed E-state index contributed by atoms with van der Waals surface area (Å²) in [6.45, 7) is 6.88. The van der Waals surface area contributed by atoms with Crippen molar-refractivity contribution < 1.29 is 13.5 Å². The number of hydrogen-bond acceptors (Lipinski definition) is 4. The van der Waals surface area contributed by atoms with Crippen molar-refractivity contribution in [3.8, 4) is 0 Å². The Balaban J connectivity index is 1.96. The van der Waals surface area contributed by atoms with Crippen molar-refractivity contribution in [3.05, 3.63) is 34.9 Å². The summed E-state index contributed by atoms with van der Waals surface area (Å²) in [5.41, 5.74) is 3.18. The highest BCUT2D eigenvalue weighted by Gasteiger charge is 2.25. The number of sulfonamides is 1. The number of benzene rings is 1. The third kappa shape index (κ3) is 4.26. The van der Waals surface area contributed by atoms with E-state index < -0.39 is 16.1 Å². The van der Waals surface area contributed by atoms with E-state index in [0.717, 1.165) is 16.7 Å². The van der Waals surface area contributed by atoms with Crippen molar-refractivity contribution in [2.75, 3.05) is 39.0 Å². The predicted molar refractivity (Wildman–Crippen MR) is 83.7 cm³/mol. The fourth-order valence-corrected chi connectivity index (χ4v) is 3.53. The molecule has 0 aliphatic carbocycles. The second-order valence-corrected chi connectivity index (χ2v) is 7.82. The molecule has 1 N–H and O–H groups in total. The third-order valence-corrected chi connectivity index (χ3v) is 5.33. The van der Waals surface area contributed by atoms with Crippen LogP contribution in [0.5, 0.6) is 0 Å². The Morgan fingerprint density at radius 1 is 1.19 bits per heavy atom. The van der Waals surface area contributed by atoms with Crippen LogP contribution in [0.3, 0.4) is 0 Å². The molecule has 0 aromatic heterocycles. The number of piperazine rings is 1. The lowest BCUT2D eigenvalue weighted by atomic mass is 10.0. The quantitative estimate of drug-likeness (QED) is 0.898. The van der Waals surface area contributed by atoms with E-state index in [2.05, 4.69) is 4.90 Å². The summed E-state index contributed by atoms with van der Waals surface area (Å²) in [5.74, 6) is 0. The van der Waals surface area contributed by atoms with Gasteiger partial charge in [-0.2, -0.15) is 4.31 Å². The van der Waals surface area contributed by atoms with Gasteiger partial charge in [-0.15, -0.1) is 0 Å². The number of hydrogen-bond donors (Lipinski definition) is 1. The van der Waals surface area contributed by atoms with Crippen LogP contribution >= 0.6 is 0 Å². The lowest BCUT2D eigenvalue weighted by molar-refractivity contribution is 0.0918. The second kappa shape index (κ2) is 6.44. The summed E-state index contributed by atoms with van der Waals surface area (Å²) in [6.07, 6.45) is 0.711. The van der Waals surface area contributed by atoms with E-state index in [0.29, 0.717) is 32.7 Å². The maximum Gasteiger partial charge on any atom is 0.211 e. The summed E-state index contributed by atoms with van der Waals surface area (Å²) in [7, 11) is -3.10. The van der Waals surface area contributed by atoms with Crippen molar-refractivity contribution in [3.63, 3.8) is 0 Å². The minimum absolute atomic E-state index is 0.498. The largest absolute Gasteiger partial charge is 0.387 e. The van der Waals surface area contributed by atoms with Gasteiger partial charge in [0.1, 0.15) is 0 Å². The Kier molecular flexibility index (Phi) is 5.03. The lowest BCUT2D eigenvalue weighted by Crippen LogP contribution is -2.49. The van der Waals surface area contributed by atoms with Gasteiger partial charge in [0.2, 0.25) is 10.0 Å². The van der Waals surface area contributed by atoms with Crippen LogP contribution in [-0.2, 0) is 10.0 Å². The molecule has 6 heteroatoms. The van der Waals surface area contributed by atoms with Crippen LogP contribution in [-0.4, -0.2) is 61.7 Å². The maximum atomic E-state index is 11.5. The maximum absolute atomic E-state index is 11.5. The van der Waals surface area contributed by atoms with Crippen LogP contribution in [0, 0.1) is 13.8 Å². The van der Waals surface area contributed by atoms with E-state index in [-0.39, 0.29) is 0 Å². The summed E-state index contributed by atoms with van der Waals surface area (Å²) in [5, 5.41) is 10.4. The molecule has 2 rings (SSSR count). The molecule has 1 aromatic carbocycles. The van der Waals surface area contributed by atoms with Crippen LogP contribution in [0.25, 0.3) is 0 Å². The Morgan fingerprint density at radius 3 is 2.38 bits per heavy atom. The van der Waals surface area contributed by atoms with E-state index in [1.807, 2.05) is 32.0 Å². The van der Waals surface area contributed by atoms with Gasteiger partial charge in [0.15, 0.2) is 0 Å². The standard InChI is InChI=1S/C15H24N2O3S/c1-12-4-5-13(2)14(10-12)15(18)11-16-6-8-17(9-7-16)21(3,19)20/h4-5,10,15,18H,6-9,11H2,1-3H3. The highest BCUT2D eigenvalue weighted by Crippen LogP contribution is 2.21. The van der Waals surface area contributed by atoms with Gasteiger partial charge in [0.25, 0.3) is 0 Å². The van der Waals surface area contributed by atoms with E-state index >= 15 is 0 Å². The first-order valence-electron chi connectivity index (χ1n) is 7.20. The van der Waals surface area contributed by atoms with Gasteiger partial charge in [0.05, 0.1) is 12.4 Å². The third-order valence-electron chi connectivity index (χ3n) is 4.03. The Labute approximate surface area is 127 Å². The van der Waals surface area contributed by atoms with Crippen molar-refractivity contribution >= 4 is 10.0 Å². The Morgan fingerprint density at radius 2 is 1.81 bits per heavy atom. The molecule has 1 aliphatic rings. The van der Waals surface area contributed by atoms with Gasteiger partial charge in [-0.25, -0.2) is 8.42 Å². The highest BCUT2D eigenvalue weighted by atomic mass is 32.2. The first-order valence-corrected chi connectivity index (χ1v) is 9.05. The number of β-amino-alcohol motifs (C(OH)–C–C–N with tert-alkyl or cyclic N) is 1. The summed E-state index contributed by atoms with van der Waals surface area (Å²) in [4.78, 5) is 2.12. The van der Waals surface area contributed by atoms with Crippen LogP contribution in [0.2, 0.25) is 0 Å². The molecule has 1 heterocycles. The smallest absolute Gasteiger partial charge is 0.211 e. The molecule has 21 heavy (non-hydrogen) atoms. The SMILES string of the molecule is Cc1ccc(C)c(C(O)CN2CCN(S(C)(=O)=O)CC2)c1. The van der Waals surface area contributed by atoms with Gasteiger partial charge in [-0.05, 0) is 25.0 Å². The predicted octanol–water partition coefficient (Wildman–Crippen LogP) is 0.914. The summed E-state index contributed by atoms with van der Waals surface area (Å²) < 4.78 is 24.4. The Hall–Kier alpha value is -0.950. The molecule has 0 spiro atoms. The Bertz CT molecular complexity index is 593. The molecule has 0 radical (unpaired) electrons. The average molecular weight is 312 g/mol. The molecule has 5 nitrogen and oxygen atoms in total. The molecule has 1 fully saturated rings. The molecule has 1 aromatic rings. The molecule has 1 atom stereocenters. The number of rotatable bonds is 4. The minimum Gasteiger partial charge on any atom is -0.387 e. The van der Waals surface area contributed by atoms with Crippen molar-refractivity contribution in [1.29, 1.82) is 0 Å². The molecule has 1 unspecified atom stereocenters. The van der Waals surface area contributed by atoms with Gasteiger partial charge in [-0.3, -0.25) is 4.90 Å². The number of nitrogens with zero attached hydrogens (tertiary/aromatic N) is 2. The first-order chi connectivity index (χ1) is 9.77. The molecular weight excluding hydrogens is 288 g/mol. The van der Waals surface area contributed by atoms with Crippen LogP contribution in [0.15, 0.2) is 18.2 Å². The van der Waals surface area contributed by atoms with E-state index in [9.17, 15) is 13.5 Å². The molecule has 118 valence electrons. The average Bonchev–Trinajstić information content (AvgIpc) is 2.41. The fourth-order valence-electron chi connectivity index (χ4n) is 2.71. The second-order valence-electron chi connectivity index (χ2n) is 5.84. The van der Waals surface area contributed by atoms with Crippen molar-refractivity contribution in [1.82, 2.24) is 9.21 Å². The number of aryl methyl sites for hydroxylation is 2. The topological polar surface area (TPSA) is 60.9 Å². The number of aliphatic hydroxyl groups is 1. The molecule has 0 saturated carbocycles. The van der Waals surface area contributed by atoms with Gasteiger partial charge in [-0.1, -0.05) is 23.8 Å². The normalized spacial score (nSPS) is 19.6.